The van der Waals surface area contributed by atoms with E-state index in [2.05, 4.69) is 33.1 Å². The number of piperazine rings is 1. The average Bonchev–Trinajstić information content (AvgIpc) is 2.49. The van der Waals surface area contributed by atoms with Gasteiger partial charge in [0.15, 0.2) is 0 Å². The predicted molar refractivity (Wildman–Crippen MR) is 89.3 cm³/mol. The summed E-state index contributed by atoms with van der Waals surface area (Å²) in [5, 5.41) is 3.74. The molecule has 1 aromatic rings. The van der Waals surface area contributed by atoms with Crippen molar-refractivity contribution in [1.82, 2.24) is 5.32 Å². The van der Waals surface area contributed by atoms with E-state index < -0.39 is 0 Å². The first kappa shape index (κ1) is 15.3. The molecule has 0 aromatic heterocycles. The summed E-state index contributed by atoms with van der Waals surface area (Å²) in [5.41, 5.74) is 1.12. The minimum Gasteiger partial charge on any atom is -0.365 e. The molecule has 0 spiro atoms. The molecule has 1 N–H and O–H groups in total. The molecule has 2 atom stereocenters. The highest BCUT2D eigenvalue weighted by Gasteiger charge is 2.31. The maximum absolute atomic E-state index is 13.3. The first-order valence-electron chi connectivity index (χ1n) is 8.10. The Morgan fingerprint density at radius 2 is 2.00 bits per heavy atom. The first-order chi connectivity index (χ1) is 10.1. The van der Waals surface area contributed by atoms with Gasteiger partial charge in [-0.25, -0.2) is 4.39 Å². The molecule has 1 heterocycles. The van der Waals surface area contributed by atoms with Crippen LogP contribution in [0.5, 0.6) is 0 Å². The Bertz CT molecular complexity index is 488. The van der Waals surface area contributed by atoms with Crippen molar-refractivity contribution < 1.29 is 4.39 Å². The minimum absolute atomic E-state index is 0.183. The van der Waals surface area contributed by atoms with Gasteiger partial charge >= 0.3 is 0 Å². The van der Waals surface area contributed by atoms with Crippen LogP contribution in [0.2, 0.25) is 0 Å². The van der Waals surface area contributed by atoms with Gasteiger partial charge in [-0.15, -0.1) is 0 Å². The summed E-state index contributed by atoms with van der Waals surface area (Å²) in [6.45, 7) is 4.26. The Kier molecular flexibility index (Phi) is 4.85. The summed E-state index contributed by atoms with van der Waals surface area (Å²) >= 11 is 3.52. The third-order valence-corrected chi connectivity index (χ3v) is 5.67. The fourth-order valence-electron chi connectivity index (χ4n) is 3.79. The van der Waals surface area contributed by atoms with Crippen molar-refractivity contribution in [2.75, 3.05) is 18.0 Å². The maximum atomic E-state index is 13.3. The molecule has 116 valence electrons. The van der Waals surface area contributed by atoms with Gasteiger partial charge < -0.3 is 10.2 Å². The van der Waals surface area contributed by atoms with Crippen molar-refractivity contribution in [3.8, 4) is 0 Å². The van der Waals surface area contributed by atoms with Crippen LogP contribution in [0.4, 0.5) is 10.1 Å². The number of hydrogen-bond acceptors (Lipinski definition) is 2. The van der Waals surface area contributed by atoms with Crippen molar-refractivity contribution in [2.24, 2.45) is 5.92 Å². The Hall–Kier alpha value is -0.610. The zero-order valence-corrected chi connectivity index (χ0v) is 14.2. The molecule has 2 unspecified atom stereocenters. The second kappa shape index (κ2) is 6.66. The van der Waals surface area contributed by atoms with Gasteiger partial charge in [-0.05, 0) is 59.8 Å². The predicted octanol–water partition coefficient (Wildman–Crippen LogP) is 4.34. The van der Waals surface area contributed by atoms with Crippen LogP contribution in [0.1, 0.15) is 39.0 Å². The molecule has 0 radical (unpaired) electrons. The summed E-state index contributed by atoms with van der Waals surface area (Å²) in [7, 11) is 0. The fourth-order valence-corrected chi connectivity index (χ4v) is 4.37. The lowest BCUT2D eigenvalue weighted by Gasteiger charge is -2.44. The van der Waals surface area contributed by atoms with Gasteiger partial charge in [0, 0.05) is 29.6 Å². The van der Waals surface area contributed by atoms with Gasteiger partial charge in [-0.1, -0.05) is 19.3 Å². The molecule has 0 bridgehead atoms. The monoisotopic (exact) mass is 354 g/mol. The molecule has 21 heavy (non-hydrogen) atoms. The van der Waals surface area contributed by atoms with Gasteiger partial charge in [0.05, 0.1) is 5.69 Å². The van der Waals surface area contributed by atoms with E-state index in [0.717, 1.165) is 29.2 Å². The highest BCUT2D eigenvalue weighted by Crippen LogP contribution is 2.33. The van der Waals surface area contributed by atoms with E-state index >= 15 is 0 Å². The number of nitrogens with one attached hydrogen (secondary N) is 1. The Balaban J connectivity index is 1.76. The van der Waals surface area contributed by atoms with Crippen LogP contribution < -0.4 is 10.2 Å². The van der Waals surface area contributed by atoms with Gasteiger partial charge in [-0.3, -0.25) is 0 Å². The zero-order chi connectivity index (χ0) is 14.8. The number of nitrogens with zero attached hydrogens (tertiary/aromatic N) is 1. The molecule has 4 heteroatoms. The summed E-state index contributed by atoms with van der Waals surface area (Å²) in [6, 6.07) is 6.04. The summed E-state index contributed by atoms with van der Waals surface area (Å²) in [4.78, 5) is 2.43. The van der Waals surface area contributed by atoms with Crippen molar-refractivity contribution >= 4 is 21.6 Å². The minimum atomic E-state index is -0.183. The van der Waals surface area contributed by atoms with E-state index in [4.69, 9.17) is 0 Å². The largest absolute Gasteiger partial charge is 0.365 e. The van der Waals surface area contributed by atoms with E-state index in [9.17, 15) is 4.39 Å². The smallest absolute Gasteiger partial charge is 0.124 e. The van der Waals surface area contributed by atoms with Gasteiger partial charge in [-0.2, -0.15) is 0 Å². The first-order valence-corrected chi connectivity index (χ1v) is 8.89. The average molecular weight is 355 g/mol. The fraction of sp³-hybridized carbons (Fsp3) is 0.647. The molecule has 2 nitrogen and oxygen atoms in total. The molecule has 3 rings (SSSR count). The van der Waals surface area contributed by atoms with Crippen LogP contribution >= 0.6 is 15.9 Å². The molecule has 1 aliphatic carbocycles. The van der Waals surface area contributed by atoms with Gasteiger partial charge in [0.2, 0.25) is 0 Å². The Morgan fingerprint density at radius 1 is 1.24 bits per heavy atom. The normalized spacial score (nSPS) is 27.9. The molecule has 2 fully saturated rings. The number of halogens is 2. The number of anilines is 1. The number of rotatable bonds is 2. The third kappa shape index (κ3) is 3.42. The lowest BCUT2D eigenvalue weighted by Crippen LogP contribution is -2.58. The van der Waals surface area contributed by atoms with Crippen molar-refractivity contribution in [1.29, 1.82) is 0 Å². The molecular formula is C17H24BrFN2. The lowest BCUT2D eigenvalue weighted by molar-refractivity contribution is 0.245. The summed E-state index contributed by atoms with van der Waals surface area (Å²) in [5.74, 6) is 0.616. The molecule has 0 amide bonds. The second-order valence-electron chi connectivity index (χ2n) is 6.51. The molecule has 2 aliphatic rings. The zero-order valence-electron chi connectivity index (χ0n) is 12.6. The second-order valence-corrected chi connectivity index (χ2v) is 7.36. The highest BCUT2D eigenvalue weighted by atomic mass is 79.9. The molecule has 1 aromatic carbocycles. The van der Waals surface area contributed by atoms with Gasteiger partial charge in [0.25, 0.3) is 0 Å². The van der Waals surface area contributed by atoms with E-state index in [1.165, 1.54) is 32.1 Å². The SMILES string of the molecule is CC1CNC(C2CCCCC2)CN1c1ccc(F)cc1Br. The Morgan fingerprint density at radius 3 is 2.71 bits per heavy atom. The van der Waals surface area contributed by atoms with Gasteiger partial charge in [0.1, 0.15) is 5.82 Å². The van der Waals surface area contributed by atoms with Crippen molar-refractivity contribution in [3.05, 3.63) is 28.5 Å². The standard InChI is InChI=1S/C17H24BrFN2/c1-12-10-20-16(13-5-3-2-4-6-13)11-21(12)17-8-7-14(19)9-15(17)18/h7-9,12-13,16,20H,2-6,10-11H2,1H3. The van der Waals surface area contributed by atoms with E-state index in [0.29, 0.717) is 12.1 Å². The molecule has 1 saturated carbocycles. The molecular weight excluding hydrogens is 331 g/mol. The van der Waals surface area contributed by atoms with E-state index in [1.807, 2.05) is 6.07 Å². The maximum Gasteiger partial charge on any atom is 0.124 e. The van der Waals surface area contributed by atoms with Crippen LogP contribution in [-0.4, -0.2) is 25.2 Å². The molecule has 1 aliphatic heterocycles. The lowest BCUT2D eigenvalue weighted by atomic mass is 9.82. The molecule has 1 saturated heterocycles. The number of benzene rings is 1. The quantitative estimate of drug-likeness (QED) is 0.849. The van der Waals surface area contributed by atoms with Crippen LogP contribution in [-0.2, 0) is 0 Å². The highest BCUT2D eigenvalue weighted by molar-refractivity contribution is 9.10. The van der Waals surface area contributed by atoms with Crippen LogP contribution in [0.3, 0.4) is 0 Å². The number of hydrogen-bond donors (Lipinski definition) is 1. The Labute approximate surface area is 135 Å². The van der Waals surface area contributed by atoms with Crippen LogP contribution in [0.25, 0.3) is 0 Å². The topological polar surface area (TPSA) is 15.3 Å². The van der Waals surface area contributed by atoms with Crippen LogP contribution in [0, 0.1) is 11.7 Å². The van der Waals surface area contributed by atoms with E-state index in [-0.39, 0.29) is 5.82 Å². The summed E-state index contributed by atoms with van der Waals surface area (Å²) < 4.78 is 14.2. The van der Waals surface area contributed by atoms with Crippen LogP contribution in [0.15, 0.2) is 22.7 Å². The van der Waals surface area contributed by atoms with Crippen molar-refractivity contribution in [3.63, 3.8) is 0 Å². The third-order valence-electron chi connectivity index (χ3n) is 5.04. The van der Waals surface area contributed by atoms with E-state index in [1.54, 1.807) is 12.1 Å². The summed E-state index contributed by atoms with van der Waals surface area (Å²) in [6.07, 6.45) is 6.85. The van der Waals surface area contributed by atoms with Crippen molar-refractivity contribution in [2.45, 2.75) is 51.1 Å².